The quantitative estimate of drug-likeness (QED) is 0.777. The van der Waals surface area contributed by atoms with E-state index in [1.165, 1.54) is 0 Å². The van der Waals surface area contributed by atoms with Gasteiger partial charge in [0.25, 0.3) is 5.91 Å². The zero-order chi connectivity index (χ0) is 14.9. The standard InChI is InChI=1S/C14H18N4O3/c15-12(20)10-2-1-5-16-13(10)18-6-3-14(4-7-18)9-17-11(19)8-21-14/h1-2,5H,3-4,6-9H2,(H2,15,20)(H,17,19). The van der Waals surface area contributed by atoms with Crippen molar-refractivity contribution in [2.45, 2.75) is 18.4 Å². The molecule has 21 heavy (non-hydrogen) atoms. The van der Waals surface area contributed by atoms with Crippen molar-refractivity contribution >= 4 is 17.6 Å². The summed E-state index contributed by atoms with van der Waals surface area (Å²) in [5.41, 5.74) is 5.55. The Balaban J connectivity index is 1.72. The van der Waals surface area contributed by atoms with Gasteiger partial charge in [-0.05, 0) is 25.0 Å². The van der Waals surface area contributed by atoms with Gasteiger partial charge in [-0.3, -0.25) is 9.59 Å². The maximum Gasteiger partial charge on any atom is 0.252 e. The number of ether oxygens (including phenoxy) is 1. The number of rotatable bonds is 2. The number of carbonyl (C=O) groups is 2. The SMILES string of the molecule is NC(=O)c1cccnc1N1CCC2(CC1)CNC(=O)CO2. The number of nitrogens with two attached hydrogens (primary N) is 1. The van der Waals surface area contributed by atoms with Crippen molar-refractivity contribution in [3.63, 3.8) is 0 Å². The maximum absolute atomic E-state index is 11.5. The second kappa shape index (κ2) is 5.33. The van der Waals surface area contributed by atoms with Crippen LogP contribution in [0, 0.1) is 0 Å². The fourth-order valence-corrected chi connectivity index (χ4v) is 2.87. The van der Waals surface area contributed by atoms with E-state index in [-0.39, 0.29) is 18.1 Å². The molecule has 0 aromatic carbocycles. The summed E-state index contributed by atoms with van der Waals surface area (Å²) in [7, 11) is 0. The molecule has 2 amide bonds. The second-order valence-electron chi connectivity index (χ2n) is 5.47. The minimum atomic E-state index is -0.473. The first-order valence-corrected chi connectivity index (χ1v) is 7.00. The van der Waals surface area contributed by atoms with Crippen molar-refractivity contribution in [1.29, 1.82) is 0 Å². The molecule has 3 heterocycles. The van der Waals surface area contributed by atoms with E-state index in [4.69, 9.17) is 10.5 Å². The van der Waals surface area contributed by atoms with Crippen LogP contribution in [0.5, 0.6) is 0 Å². The topological polar surface area (TPSA) is 97.5 Å². The van der Waals surface area contributed by atoms with Gasteiger partial charge in [-0.25, -0.2) is 4.98 Å². The van der Waals surface area contributed by atoms with Crippen LogP contribution in [0.15, 0.2) is 18.3 Å². The molecule has 0 unspecified atom stereocenters. The van der Waals surface area contributed by atoms with Crippen molar-refractivity contribution in [3.8, 4) is 0 Å². The molecule has 7 nitrogen and oxygen atoms in total. The van der Waals surface area contributed by atoms with Gasteiger partial charge in [0.2, 0.25) is 5.91 Å². The molecule has 3 rings (SSSR count). The molecule has 2 saturated heterocycles. The van der Waals surface area contributed by atoms with Crippen LogP contribution in [0.2, 0.25) is 0 Å². The van der Waals surface area contributed by atoms with Crippen molar-refractivity contribution in [1.82, 2.24) is 10.3 Å². The minimum Gasteiger partial charge on any atom is -0.365 e. The Morgan fingerprint density at radius 2 is 2.19 bits per heavy atom. The van der Waals surface area contributed by atoms with Gasteiger partial charge in [0.1, 0.15) is 12.4 Å². The van der Waals surface area contributed by atoms with Crippen molar-refractivity contribution in [2.24, 2.45) is 5.73 Å². The van der Waals surface area contributed by atoms with Gasteiger partial charge >= 0.3 is 0 Å². The predicted molar refractivity (Wildman–Crippen MR) is 75.9 cm³/mol. The molecule has 0 atom stereocenters. The number of pyridine rings is 1. The normalized spacial score (nSPS) is 21.1. The third-order valence-electron chi connectivity index (χ3n) is 4.14. The van der Waals surface area contributed by atoms with Gasteiger partial charge in [0.05, 0.1) is 11.2 Å². The molecule has 7 heteroatoms. The number of anilines is 1. The summed E-state index contributed by atoms with van der Waals surface area (Å²) in [6.07, 6.45) is 3.22. The average Bonchev–Trinajstić information content (AvgIpc) is 2.51. The zero-order valence-electron chi connectivity index (χ0n) is 11.7. The molecule has 1 spiro atoms. The van der Waals surface area contributed by atoms with Crippen LogP contribution in [0.4, 0.5) is 5.82 Å². The Morgan fingerprint density at radius 3 is 2.81 bits per heavy atom. The highest BCUT2D eigenvalue weighted by atomic mass is 16.5. The van der Waals surface area contributed by atoms with Crippen LogP contribution >= 0.6 is 0 Å². The molecule has 2 aliphatic heterocycles. The molecular weight excluding hydrogens is 272 g/mol. The number of aromatic nitrogens is 1. The number of hydrogen-bond donors (Lipinski definition) is 2. The lowest BCUT2D eigenvalue weighted by Gasteiger charge is -2.44. The highest BCUT2D eigenvalue weighted by molar-refractivity contribution is 5.97. The van der Waals surface area contributed by atoms with E-state index >= 15 is 0 Å². The summed E-state index contributed by atoms with van der Waals surface area (Å²) in [5, 5.41) is 2.85. The fraction of sp³-hybridized carbons (Fsp3) is 0.500. The Labute approximate surface area is 122 Å². The summed E-state index contributed by atoms with van der Waals surface area (Å²) in [4.78, 5) is 29.0. The van der Waals surface area contributed by atoms with E-state index in [1.54, 1.807) is 18.3 Å². The van der Waals surface area contributed by atoms with E-state index in [2.05, 4.69) is 10.3 Å². The first-order valence-electron chi connectivity index (χ1n) is 7.00. The molecule has 2 aliphatic rings. The van der Waals surface area contributed by atoms with Crippen LogP contribution in [0.25, 0.3) is 0 Å². The van der Waals surface area contributed by atoms with Crippen LogP contribution in [0.3, 0.4) is 0 Å². The Kier molecular flexibility index (Phi) is 3.50. The van der Waals surface area contributed by atoms with Crippen LogP contribution in [0.1, 0.15) is 23.2 Å². The highest BCUT2D eigenvalue weighted by Crippen LogP contribution is 2.30. The lowest BCUT2D eigenvalue weighted by atomic mass is 9.90. The number of nitrogens with one attached hydrogen (secondary N) is 1. The maximum atomic E-state index is 11.5. The number of carbonyl (C=O) groups excluding carboxylic acids is 2. The van der Waals surface area contributed by atoms with E-state index in [0.29, 0.717) is 31.0 Å². The van der Waals surface area contributed by atoms with Gasteiger partial charge in [0, 0.05) is 25.8 Å². The highest BCUT2D eigenvalue weighted by Gasteiger charge is 2.39. The third kappa shape index (κ3) is 2.69. The molecular formula is C14H18N4O3. The predicted octanol–water partition coefficient (Wildman–Crippen LogP) is -0.334. The monoisotopic (exact) mass is 290 g/mol. The smallest absolute Gasteiger partial charge is 0.252 e. The van der Waals surface area contributed by atoms with Gasteiger partial charge in [-0.1, -0.05) is 0 Å². The number of primary amides is 1. The molecule has 1 aromatic heterocycles. The summed E-state index contributed by atoms with van der Waals surface area (Å²) < 4.78 is 5.73. The number of morpholine rings is 1. The first-order chi connectivity index (χ1) is 10.1. The van der Waals surface area contributed by atoms with E-state index in [9.17, 15) is 9.59 Å². The number of amides is 2. The van der Waals surface area contributed by atoms with Gasteiger partial charge < -0.3 is 20.7 Å². The van der Waals surface area contributed by atoms with Crippen molar-refractivity contribution in [2.75, 3.05) is 31.1 Å². The summed E-state index contributed by atoms with van der Waals surface area (Å²) in [5.74, 6) is 0.0862. The Morgan fingerprint density at radius 1 is 1.43 bits per heavy atom. The summed E-state index contributed by atoms with van der Waals surface area (Å²) >= 11 is 0. The molecule has 0 aliphatic carbocycles. The largest absolute Gasteiger partial charge is 0.365 e. The van der Waals surface area contributed by atoms with E-state index < -0.39 is 5.91 Å². The van der Waals surface area contributed by atoms with Gasteiger partial charge in [-0.15, -0.1) is 0 Å². The second-order valence-corrected chi connectivity index (χ2v) is 5.47. The summed E-state index contributed by atoms with van der Waals surface area (Å²) in [6, 6.07) is 3.39. The van der Waals surface area contributed by atoms with Crippen LogP contribution in [-0.2, 0) is 9.53 Å². The molecule has 0 radical (unpaired) electrons. The molecule has 112 valence electrons. The van der Waals surface area contributed by atoms with Gasteiger partial charge in [-0.2, -0.15) is 0 Å². The van der Waals surface area contributed by atoms with Crippen molar-refractivity contribution in [3.05, 3.63) is 23.9 Å². The minimum absolute atomic E-state index is 0.0659. The molecule has 0 saturated carbocycles. The lowest BCUT2D eigenvalue weighted by molar-refractivity contribution is -0.146. The molecule has 3 N–H and O–H groups in total. The summed E-state index contributed by atoms with van der Waals surface area (Å²) in [6.45, 7) is 2.10. The van der Waals surface area contributed by atoms with Gasteiger partial charge in [0.15, 0.2) is 0 Å². The third-order valence-corrected chi connectivity index (χ3v) is 4.14. The lowest BCUT2D eigenvalue weighted by Crippen LogP contribution is -2.57. The first kappa shape index (κ1) is 13.8. The van der Waals surface area contributed by atoms with E-state index in [0.717, 1.165) is 12.8 Å². The molecule has 1 aromatic rings. The average molecular weight is 290 g/mol. The van der Waals surface area contributed by atoms with Crippen molar-refractivity contribution < 1.29 is 14.3 Å². The van der Waals surface area contributed by atoms with Crippen LogP contribution < -0.4 is 16.0 Å². The number of piperidine rings is 1. The zero-order valence-corrected chi connectivity index (χ0v) is 11.7. The molecule has 2 fully saturated rings. The van der Waals surface area contributed by atoms with E-state index in [1.807, 2.05) is 4.90 Å². The van der Waals surface area contributed by atoms with Crippen LogP contribution in [-0.4, -0.2) is 48.6 Å². The Hall–Kier alpha value is -2.15. The molecule has 0 bridgehead atoms. The number of nitrogens with zero attached hydrogens (tertiary/aromatic N) is 2. The number of hydrogen-bond acceptors (Lipinski definition) is 5. The fourth-order valence-electron chi connectivity index (χ4n) is 2.87. The Bertz CT molecular complexity index is 555.